The standard InChI is InChI=1S/C20H24O4/c1-5-6-11-24-17-15-12-13-9-7-8-10-14(13)16(15)18(21-2)20(23-4)19(17)22-3/h7-10H,5-6,11-12H2,1-4H3. The lowest BCUT2D eigenvalue weighted by Gasteiger charge is -2.21. The molecule has 3 rings (SSSR count). The molecule has 0 saturated carbocycles. The zero-order valence-corrected chi connectivity index (χ0v) is 14.8. The topological polar surface area (TPSA) is 36.9 Å². The van der Waals surface area contributed by atoms with Crippen molar-refractivity contribution in [3.05, 3.63) is 35.4 Å². The maximum atomic E-state index is 6.12. The SMILES string of the molecule is CCCCOc1c2c(c(OC)c(OC)c1OC)-c1ccccc1C2. The van der Waals surface area contributed by atoms with E-state index in [0.717, 1.165) is 36.1 Å². The Kier molecular flexibility index (Phi) is 4.84. The average molecular weight is 328 g/mol. The van der Waals surface area contributed by atoms with Gasteiger partial charge < -0.3 is 18.9 Å². The third-order valence-corrected chi connectivity index (χ3v) is 4.43. The van der Waals surface area contributed by atoms with Gasteiger partial charge in [0, 0.05) is 17.5 Å². The Labute approximate surface area is 143 Å². The number of rotatable bonds is 7. The van der Waals surface area contributed by atoms with Gasteiger partial charge >= 0.3 is 0 Å². The van der Waals surface area contributed by atoms with Crippen LogP contribution in [0.4, 0.5) is 0 Å². The number of hydrogen-bond donors (Lipinski definition) is 0. The fraction of sp³-hybridized carbons (Fsp3) is 0.400. The molecule has 0 radical (unpaired) electrons. The molecule has 0 atom stereocenters. The molecule has 4 nitrogen and oxygen atoms in total. The Bertz CT molecular complexity index is 737. The van der Waals surface area contributed by atoms with E-state index in [1.54, 1.807) is 21.3 Å². The fourth-order valence-corrected chi connectivity index (χ4v) is 3.31. The summed E-state index contributed by atoms with van der Waals surface area (Å²) in [5.74, 6) is 2.67. The van der Waals surface area contributed by atoms with Gasteiger partial charge in [0.05, 0.1) is 27.9 Å². The fourth-order valence-electron chi connectivity index (χ4n) is 3.31. The summed E-state index contributed by atoms with van der Waals surface area (Å²) in [4.78, 5) is 0. The van der Waals surface area contributed by atoms with E-state index >= 15 is 0 Å². The van der Waals surface area contributed by atoms with Gasteiger partial charge in [0.15, 0.2) is 11.5 Å². The van der Waals surface area contributed by atoms with Gasteiger partial charge in [-0.1, -0.05) is 37.6 Å². The molecular formula is C20H24O4. The molecule has 0 spiro atoms. The van der Waals surface area contributed by atoms with E-state index in [4.69, 9.17) is 18.9 Å². The first-order valence-corrected chi connectivity index (χ1v) is 8.32. The van der Waals surface area contributed by atoms with Crippen molar-refractivity contribution in [3.8, 4) is 34.1 Å². The van der Waals surface area contributed by atoms with Crippen molar-refractivity contribution in [1.82, 2.24) is 0 Å². The van der Waals surface area contributed by atoms with Crippen LogP contribution in [-0.2, 0) is 6.42 Å². The second-order valence-corrected chi connectivity index (χ2v) is 5.82. The van der Waals surface area contributed by atoms with E-state index in [2.05, 4.69) is 25.1 Å². The minimum atomic E-state index is 0.585. The maximum absolute atomic E-state index is 6.12. The summed E-state index contributed by atoms with van der Waals surface area (Å²) in [6.07, 6.45) is 2.89. The molecule has 0 fully saturated rings. The highest BCUT2D eigenvalue weighted by Crippen LogP contribution is 2.56. The van der Waals surface area contributed by atoms with Crippen molar-refractivity contribution >= 4 is 0 Å². The summed E-state index contributed by atoms with van der Waals surface area (Å²) >= 11 is 0. The first-order chi connectivity index (χ1) is 11.8. The van der Waals surface area contributed by atoms with Crippen molar-refractivity contribution in [3.63, 3.8) is 0 Å². The van der Waals surface area contributed by atoms with Crippen LogP contribution in [0.3, 0.4) is 0 Å². The monoisotopic (exact) mass is 328 g/mol. The molecule has 24 heavy (non-hydrogen) atoms. The smallest absolute Gasteiger partial charge is 0.207 e. The molecule has 0 unspecified atom stereocenters. The van der Waals surface area contributed by atoms with Gasteiger partial charge in [-0.15, -0.1) is 0 Å². The number of fused-ring (bicyclic) bond motifs is 3. The molecule has 2 aromatic rings. The highest BCUT2D eigenvalue weighted by molar-refractivity contribution is 5.89. The number of benzene rings is 2. The molecule has 2 aromatic carbocycles. The molecule has 128 valence electrons. The van der Waals surface area contributed by atoms with Crippen LogP contribution in [0.15, 0.2) is 24.3 Å². The summed E-state index contributed by atoms with van der Waals surface area (Å²) in [5, 5.41) is 0. The van der Waals surface area contributed by atoms with E-state index in [1.807, 2.05) is 6.07 Å². The van der Waals surface area contributed by atoms with E-state index < -0.39 is 0 Å². The maximum Gasteiger partial charge on any atom is 0.207 e. The van der Waals surface area contributed by atoms with Crippen molar-refractivity contribution in [1.29, 1.82) is 0 Å². The quantitative estimate of drug-likeness (QED) is 0.600. The van der Waals surface area contributed by atoms with E-state index in [1.165, 1.54) is 11.1 Å². The predicted octanol–water partition coefficient (Wildman–Crippen LogP) is 4.46. The molecule has 0 heterocycles. The van der Waals surface area contributed by atoms with Crippen molar-refractivity contribution in [2.45, 2.75) is 26.2 Å². The molecular weight excluding hydrogens is 304 g/mol. The Morgan fingerprint density at radius 3 is 2.21 bits per heavy atom. The zero-order chi connectivity index (χ0) is 17.1. The summed E-state index contributed by atoms with van der Waals surface area (Å²) in [6.45, 7) is 2.81. The van der Waals surface area contributed by atoms with E-state index in [0.29, 0.717) is 23.9 Å². The largest absolute Gasteiger partial charge is 0.492 e. The van der Waals surface area contributed by atoms with Crippen LogP contribution in [0.1, 0.15) is 30.9 Å². The van der Waals surface area contributed by atoms with Gasteiger partial charge in [0.2, 0.25) is 11.5 Å². The lowest BCUT2D eigenvalue weighted by atomic mass is 10.0. The van der Waals surface area contributed by atoms with Gasteiger partial charge in [0.1, 0.15) is 0 Å². The van der Waals surface area contributed by atoms with Crippen molar-refractivity contribution in [2.75, 3.05) is 27.9 Å². The Morgan fingerprint density at radius 2 is 1.54 bits per heavy atom. The number of unbranched alkanes of at least 4 members (excludes halogenated alkanes) is 1. The molecule has 1 aliphatic rings. The van der Waals surface area contributed by atoms with E-state index in [9.17, 15) is 0 Å². The molecule has 0 N–H and O–H groups in total. The molecule has 0 aliphatic heterocycles. The molecule has 0 saturated heterocycles. The van der Waals surface area contributed by atoms with Crippen LogP contribution in [-0.4, -0.2) is 27.9 Å². The number of ether oxygens (including phenoxy) is 4. The predicted molar refractivity (Wildman–Crippen MR) is 94.7 cm³/mol. The van der Waals surface area contributed by atoms with Crippen molar-refractivity contribution < 1.29 is 18.9 Å². The summed E-state index contributed by atoms with van der Waals surface area (Å²) < 4.78 is 23.1. The van der Waals surface area contributed by atoms with Crippen LogP contribution in [0, 0.1) is 0 Å². The molecule has 0 bridgehead atoms. The van der Waals surface area contributed by atoms with Gasteiger partial charge in [0.25, 0.3) is 0 Å². The third kappa shape index (κ3) is 2.56. The summed E-state index contributed by atoms with van der Waals surface area (Å²) in [5.41, 5.74) is 4.60. The third-order valence-electron chi connectivity index (χ3n) is 4.43. The average Bonchev–Trinajstić information content (AvgIpc) is 3.00. The van der Waals surface area contributed by atoms with Gasteiger partial charge in [-0.05, 0) is 17.5 Å². The first-order valence-electron chi connectivity index (χ1n) is 8.32. The Balaban J connectivity index is 2.23. The van der Waals surface area contributed by atoms with Crippen LogP contribution >= 0.6 is 0 Å². The van der Waals surface area contributed by atoms with Crippen molar-refractivity contribution in [2.24, 2.45) is 0 Å². The van der Waals surface area contributed by atoms with Crippen LogP contribution in [0.5, 0.6) is 23.0 Å². The second kappa shape index (κ2) is 7.04. The minimum Gasteiger partial charge on any atom is -0.492 e. The minimum absolute atomic E-state index is 0.585. The molecule has 1 aliphatic carbocycles. The second-order valence-electron chi connectivity index (χ2n) is 5.82. The Hall–Kier alpha value is -2.36. The summed E-state index contributed by atoms with van der Waals surface area (Å²) in [7, 11) is 4.93. The number of hydrogen-bond acceptors (Lipinski definition) is 4. The lowest BCUT2D eigenvalue weighted by molar-refractivity contribution is 0.271. The van der Waals surface area contributed by atoms with Crippen LogP contribution in [0.25, 0.3) is 11.1 Å². The van der Waals surface area contributed by atoms with Crippen LogP contribution in [0.2, 0.25) is 0 Å². The van der Waals surface area contributed by atoms with E-state index in [-0.39, 0.29) is 0 Å². The zero-order valence-electron chi connectivity index (χ0n) is 14.8. The highest BCUT2D eigenvalue weighted by Gasteiger charge is 2.33. The van der Waals surface area contributed by atoms with Crippen LogP contribution < -0.4 is 18.9 Å². The molecule has 0 amide bonds. The lowest BCUT2D eigenvalue weighted by Crippen LogP contribution is -2.05. The number of methoxy groups -OCH3 is 3. The highest BCUT2D eigenvalue weighted by atomic mass is 16.5. The van der Waals surface area contributed by atoms with Gasteiger partial charge in [-0.3, -0.25) is 0 Å². The first kappa shape index (κ1) is 16.5. The molecule has 4 heteroatoms. The normalized spacial score (nSPS) is 11.7. The Morgan fingerprint density at radius 1 is 0.875 bits per heavy atom. The van der Waals surface area contributed by atoms with Gasteiger partial charge in [-0.25, -0.2) is 0 Å². The van der Waals surface area contributed by atoms with Gasteiger partial charge in [-0.2, -0.15) is 0 Å². The molecule has 0 aromatic heterocycles. The summed E-state index contributed by atoms with van der Waals surface area (Å²) in [6, 6.07) is 8.36.